The van der Waals surface area contributed by atoms with Gasteiger partial charge in [0.15, 0.2) is 5.78 Å². The highest BCUT2D eigenvalue weighted by molar-refractivity contribution is 5.87. The Bertz CT molecular complexity index is 101. The van der Waals surface area contributed by atoms with Crippen LogP contribution < -0.4 is 0 Å². The van der Waals surface area contributed by atoms with E-state index >= 15 is 0 Å². The van der Waals surface area contributed by atoms with E-state index in [0.717, 1.165) is 0 Å². The molecule has 0 saturated heterocycles. The maximum absolute atomic E-state index is 9.96. The lowest BCUT2D eigenvalue weighted by Gasteiger charge is -1.68. The smallest absolute Gasteiger partial charge is 0.152 e. The van der Waals surface area contributed by atoms with Crippen molar-refractivity contribution >= 4 is 5.78 Å². The van der Waals surface area contributed by atoms with Crippen molar-refractivity contribution in [3.8, 4) is 0 Å². The van der Waals surface area contributed by atoms with Crippen LogP contribution in [-0.2, 0) is 4.79 Å². The lowest BCUT2D eigenvalue weighted by atomic mass is 10.4. The number of ketones is 1. The average molecular weight is 126 g/mol. The predicted octanol–water partition coefficient (Wildman–Crippen LogP) is 2.34. The molecule has 0 aliphatic carbocycles. The SMILES string of the molecule is C/C=C/C(C)=O.C=CC. The van der Waals surface area contributed by atoms with Crippen molar-refractivity contribution in [1.82, 2.24) is 0 Å². The largest absolute Gasteiger partial charge is 0.295 e. The molecule has 0 aromatic heterocycles. The van der Waals surface area contributed by atoms with E-state index in [1.54, 1.807) is 12.2 Å². The van der Waals surface area contributed by atoms with Gasteiger partial charge in [-0.15, -0.1) is 6.58 Å². The van der Waals surface area contributed by atoms with Crippen LogP contribution in [0.15, 0.2) is 24.8 Å². The third-order valence-electron chi connectivity index (χ3n) is 0.401. The van der Waals surface area contributed by atoms with Crippen molar-refractivity contribution in [2.75, 3.05) is 0 Å². The molecular weight excluding hydrogens is 112 g/mol. The Hall–Kier alpha value is -0.850. The van der Waals surface area contributed by atoms with Crippen LogP contribution in [0.1, 0.15) is 20.8 Å². The van der Waals surface area contributed by atoms with E-state index in [2.05, 4.69) is 6.58 Å². The van der Waals surface area contributed by atoms with Crippen LogP contribution in [0.25, 0.3) is 0 Å². The summed E-state index contributed by atoms with van der Waals surface area (Å²) in [6.07, 6.45) is 5.00. The first-order valence-electron chi connectivity index (χ1n) is 2.89. The van der Waals surface area contributed by atoms with E-state index in [-0.39, 0.29) is 5.78 Å². The number of hydrogen-bond donors (Lipinski definition) is 0. The summed E-state index contributed by atoms with van der Waals surface area (Å²) in [7, 11) is 0. The van der Waals surface area contributed by atoms with Gasteiger partial charge in [0.1, 0.15) is 0 Å². The molecule has 0 N–H and O–H groups in total. The maximum atomic E-state index is 9.96. The zero-order chi connectivity index (χ0) is 7.70. The minimum Gasteiger partial charge on any atom is -0.295 e. The molecule has 0 aliphatic heterocycles. The molecule has 0 unspecified atom stereocenters. The molecule has 0 atom stereocenters. The second-order valence-electron chi connectivity index (χ2n) is 1.52. The maximum Gasteiger partial charge on any atom is 0.152 e. The van der Waals surface area contributed by atoms with E-state index < -0.39 is 0 Å². The number of allylic oxidation sites excluding steroid dienone is 3. The van der Waals surface area contributed by atoms with E-state index in [1.807, 2.05) is 13.8 Å². The van der Waals surface area contributed by atoms with Gasteiger partial charge in [-0.25, -0.2) is 0 Å². The second kappa shape index (κ2) is 10.2. The minimum atomic E-state index is 0.109. The first-order chi connectivity index (χ1) is 4.18. The standard InChI is InChI=1S/C5H8O.C3H6/c1-3-4-5(2)6;1-3-2/h3-4H,1-2H3;3H,1H2,2H3/b4-3+;. The van der Waals surface area contributed by atoms with Crippen molar-refractivity contribution in [3.05, 3.63) is 24.8 Å². The van der Waals surface area contributed by atoms with Gasteiger partial charge in [0.2, 0.25) is 0 Å². The Balaban J connectivity index is 0. The van der Waals surface area contributed by atoms with Gasteiger partial charge in [-0.1, -0.05) is 12.2 Å². The molecule has 52 valence electrons. The monoisotopic (exact) mass is 126 g/mol. The fourth-order valence-corrected chi connectivity index (χ4v) is 0.235. The highest BCUT2D eigenvalue weighted by Crippen LogP contribution is 1.69. The van der Waals surface area contributed by atoms with Gasteiger partial charge >= 0.3 is 0 Å². The number of rotatable bonds is 1. The van der Waals surface area contributed by atoms with Gasteiger partial charge in [0.25, 0.3) is 0 Å². The normalized spacial score (nSPS) is 7.89. The van der Waals surface area contributed by atoms with Crippen LogP contribution in [0.2, 0.25) is 0 Å². The fraction of sp³-hybridized carbons (Fsp3) is 0.375. The van der Waals surface area contributed by atoms with Crippen LogP contribution >= 0.6 is 0 Å². The predicted molar refractivity (Wildman–Crippen MR) is 41.4 cm³/mol. The summed E-state index contributed by atoms with van der Waals surface area (Å²) in [6, 6.07) is 0. The van der Waals surface area contributed by atoms with Gasteiger partial charge in [-0.05, 0) is 26.8 Å². The van der Waals surface area contributed by atoms with Crippen molar-refractivity contribution in [2.24, 2.45) is 0 Å². The van der Waals surface area contributed by atoms with E-state index in [9.17, 15) is 4.79 Å². The summed E-state index contributed by atoms with van der Waals surface area (Å²) in [5.74, 6) is 0.109. The fourth-order valence-electron chi connectivity index (χ4n) is 0.235. The first-order valence-corrected chi connectivity index (χ1v) is 2.89. The molecule has 0 aromatic rings. The van der Waals surface area contributed by atoms with Crippen molar-refractivity contribution in [3.63, 3.8) is 0 Å². The summed E-state index contributed by atoms with van der Waals surface area (Å²) >= 11 is 0. The van der Waals surface area contributed by atoms with Gasteiger partial charge < -0.3 is 0 Å². The molecule has 0 rings (SSSR count). The number of carbonyl (C=O) groups excluding carboxylic acids is 1. The molecule has 0 aliphatic rings. The first kappa shape index (κ1) is 11.0. The second-order valence-corrected chi connectivity index (χ2v) is 1.52. The molecule has 1 heteroatoms. The van der Waals surface area contributed by atoms with Crippen molar-refractivity contribution < 1.29 is 4.79 Å². The molecule has 0 spiro atoms. The highest BCUT2D eigenvalue weighted by Gasteiger charge is 1.73. The van der Waals surface area contributed by atoms with Gasteiger partial charge in [0.05, 0.1) is 0 Å². The van der Waals surface area contributed by atoms with E-state index in [1.165, 1.54) is 13.0 Å². The Labute approximate surface area is 57.1 Å². The van der Waals surface area contributed by atoms with Crippen LogP contribution in [0, 0.1) is 0 Å². The van der Waals surface area contributed by atoms with E-state index in [4.69, 9.17) is 0 Å². The zero-order valence-corrected chi connectivity index (χ0v) is 6.35. The summed E-state index contributed by atoms with van der Waals surface area (Å²) < 4.78 is 0. The molecule has 9 heavy (non-hydrogen) atoms. The number of carbonyl (C=O) groups is 1. The molecule has 0 heterocycles. The average Bonchev–Trinajstić information content (AvgIpc) is 1.67. The molecule has 0 saturated carbocycles. The van der Waals surface area contributed by atoms with Crippen molar-refractivity contribution in [2.45, 2.75) is 20.8 Å². The van der Waals surface area contributed by atoms with Crippen LogP contribution in [0.5, 0.6) is 0 Å². The highest BCUT2D eigenvalue weighted by atomic mass is 16.1. The summed E-state index contributed by atoms with van der Waals surface area (Å²) in [5.41, 5.74) is 0. The Kier molecular flexibility index (Phi) is 12.5. The Morgan fingerprint density at radius 3 is 1.78 bits per heavy atom. The van der Waals surface area contributed by atoms with E-state index in [0.29, 0.717) is 0 Å². The van der Waals surface area contributed by atoms with Crippen molar-refractivity contribution in [1.29, 1.82) is 0 Å². The molecule has 0 bridgehead atoms. The van der Waals surface area contributed by atoms with Crippen LogP contribution in [-0.4, -0.2) is 5.78 Å². The van der Waals surface area contributed by atoms with Gasteiger partial charge in [-0.2, -0.15) is 0 Å². The molecular formula is C8H14O. The lowest BCUT2D eigenvalue weighted by molar-refractivity contribution is -0.112. The zero-order valence-electron chi connectivity index (χ0n) is 6.35. The molecule has 0 aromatic carbocycles. The third-order valence-corrected chi connectivity index (χ3v) is 0.401. The summed E-state index contributed by atoms with van der Waals surface area (Å²) in [4.78, 5) is 9.96. The van der Waals surface area contributed by atoms with Gasteiger partial charge in [-0.3, -0.25) is 4.79 Å². The topological polar surface area (TPSA) is 17.1 Å². The minimum absolute atomic E-state index is 0.109. The number of hydrogen-bond acceptors (Lipinski definition) is 1. The lowest BCUT2D eigenvalue weighted by Crippen LogP contribution is -1.76. The molecule has 0 amide bonds. The summed E-state index contributed by atoms with van der Waals surface area (Å²) in [5, 5.41) is 0. The summed E-state index contributed by atoms with van der Waals surface area (Å²) in [6.45, 7) is 8.60. The molecule has 0 fully saturated rings. The van der Waals surface area contributed by atoms with Gasteiger partial charge in [0, 0.05) is 0 Å². The third kappa shape index (κ3) is 41.0. The van der Waals surface area contributed by atoms with Crippen LogP contribution in [0.4, 0.5) is 0 Å². The Morgan fingerprint density at radius 1 is 1.44 bits per heavy atom. The molecule has 0 radical (unpaired) electrons. The Morgan fingerprint density at radius 2 is 1.78 bits per heavy atom. The van der Waals surface area contributed by atoms with Crippen LogP contribution in [0.3, 0.4) is 0 Å². The molecule has 1 nitrogen and oxygen atoms in total. The quantitative estimate of drug-likeness (QED) is 0.389.